The summed E-state index contributed by atoms with van der Waals surface area (Å²) in [5.41, 5.74) is 8.86. The van der Waals surface area contributed by atoms with Crippen LogP contribution in [-0.4, -0.2) is 0 Å². The number of rotatable bonds is 4. The Kier molecular flexibility index (Phi) is 4.71. The monoisotopic (exact) mass is 315 g/mol. The van der Waals surface area contributed by atoms with Gasteiger partial charge in [0.15, 0.2) is 0 Å². The summed E-state index contributed by atoms with van der Waals surface area (Å²) >= 11 is 0. The standard InChI is InChI=1S/C23H25N/c1-5-20-9-14-22(15-10-20)24(21-11-6-17(2)7-12-21)23-13-8-18(3)19(4)16-23/h6-16H,5H2,1-4H3. The molecule has 1 nitrogen and oxygen atoms in total. The minimum Gasteiger partial charge on any atom is -0.310 e. The van der Waals surface area contributed by atoms with Crippen molar-refractivity contribution in [1.82, 2.24) is 0 Å². The van der Waals surface area contributed by atoms with E-state index in [2.05, 4.69) is 99.3 Å². The highest BCUT2D eigenvalue weighted by Gasteiger charge is 2.12. The summed E-state index contributed by atoms with van der Waals surface area (Å²) in [5, 5.41) is 0. The molecule has 0 unspecified atom stereocenters. The van der Waals surface area contributed by atoms with Crippen molar-refractivity contribution in [3.8, 4) is 0 Å². The van der Waals surface area contributed by atoms with Gasteiger partial charge in [-0.2, -0.15) is 0 Å². The number of anilines is 3. The van der Waals surface area contributed by atoms with Gasteiger partial charge < -0.3 is 4.90 Å². The summed E-state index contributed by atoms with van der Waals surface area (Å²) in [5.74, 6) is 0. The van der Waals surface area contributed by atoms with Gasteiger partial charge >= 0.3 is 0 Å². The van der Waals surface area contributed by atoms with Gasteiger partial charge in [-0.25, -0.2) is 0 Å². The van der Waals surface area contributed by atoms with Crippen LogP contribution in [0.15, 0.2) is 66.7 Å². The Hall–Kier alpha value is -2.54. The van der Waals surface area contributed by atoms with E-state index in [0.717, 1.165) is 6.42 Å². The number of hydrogen-bond acceptors (Lipinski definition) is 1. The molecular formula is C23H25N. The van der Waals surface area contributed by atoms with Crippen LogP contribution < -0.4 is 4.90 Å². The van der Waals surface area contributed by atoms with Gasteiger partial charge in [0.1, 0.15) is 0 Å². The molecule has 0 atom stereocenters. The highest BCUT2D eigenvalue weighted by atomic mass is 15.1. The molecule has 0 saturated heterocycles. The lowest BCUT2D eigenvalue weighted by molar-refractivity contribution is 1.14. The fourth-order valence-electron chi connectivity index (χ4n) is 2.89. The molecule has 0 heterocycles. The lowest BCUT2D eigenvalue weighted by Gasteiger charge is -2.26. The van der Waals surface area contributed by atoms with Gasteiger partial charge in [0.2, 0.25) is 0 Å². The molecule has 0 aliphatic heterocycles. The molecular weight excluding hydrogens is 290 g/mol. The highest BCUT2D eigenvalue weighted by Crippen LogP contribution is 2.35. The van der Waals surface area contributed by atoms with E-state index < -0.39 is 0 Å². The molecule has 0 spiro atoms. The van der Waals surface area contributed by atoms with Gasteiger partial charge in [0.25, 0.3) is 0 Å². The maximum atomic E-state index is 2.32. The molecule has 0 aromatic heterocycles. The first kappa shape index (κ1) is 16.3. The first-order valence-electron chi connectivity index (χ1n) is 8.61. The Morgan fingerprint density at radius 3 is 1.71 bits per heavy atom. The molecule has 1 heteroatoms. The normalized spacial score (nSPS) is 10.7. The molecule has 0 amide bonds. The van der Waals surface area contributed by atoms with E-state index in [1.54, 1.807) is 0 Å². The van der Waals surface area contributed by atoms with Crippen LogP contribution in [0.3, 0.4) is 0 Å². The lowest BCUT2D eigenvalue weighted by atomic mass is 10.1. The van der Waals surface area contributed by atoms with Crippen LogP contribution >= 0.6 is 0 Å². The van der Waals surface area contributed by atoms with Gasteiger partial charge in [-0.05, 0) is 80.3 Å². The molecule has 0 radical (unpaired) electrons. The Morgan fingerprint density at radius 1 is 0.625 bits per heavy atom. The molecule has 0 bridgehead atoms. The minimum absolute atomic E-state index is 1.06. The van der Waals surface area contributed by atoms with Crippen LogP contribution in [0.5, 0.6) is 0 Å². The summed E-state index contributed by atoms with van der Waals surface area (Å²) in [7, 11) is 0. The van der Waals surface area contributed by atoms with Crippen molar-refractivity contribution >= 4 is 17.1 Å². The third-order valence-corrected chi connectivity index (χ3v) is 4.64. The molecule has 3 rings (SSSR count). The van der Waals surface area contributed by atoms with E-state index in [9.17, 15) is 0 Å². The van der Waals surface area contributed by atoms with E-state index in [4.69, 9.17) is 0 Å². The van der Waals surface area contributed by atoms with E-state index in [0.29, 0.717) is 0 Å². The summed E-state index contributed by atoms with van der Waals surface area (Å²) in [6.07, 6.45) is 1.06. The zero-order chi connectivity index (χ0) is 17.1. The zero-order valence-corrected chi connectivity index (χ0v) is 15.0. The van der Waals surface area contributed by atoms with Crippen molar-refractivity contribution in [2.75, 3.05) is 4.90 Å². The smallest absolute Gasteiger partial charge is 0.0464 e. The summed E-state index contributed by atoms with van der Waals surface area (Å²) in [6.45, 7) is 8.65. The fourth-order valence-corrected chi connectivity index (χ4v) is 2.89. The van der Waals surface area contributed by atoms with Crippen molar-refractivity contribution < 1.29 is 0 Å². The molecule has 0 N–H and O–H groups in total. The van der Waals surface area contributed by atoms with Crippen molar-refractivity contribution in [2.24, 2.45) is 0 Å². The summed E-state index contributed by atoms with van der Waals surface area (Å²) in [4.78, 5) is 2.32. The van der Waals surface area contributed by atoms with E-state index in [1.807, 2.05) is 0 Å². The quantitative estimate of drug-likeness (QED) is 0.521. The zero-order valence-electron chi connectivity index (χ0n) is 15.0. The predicted octanol–water partition coefficient (Wildman–Crippen LogP) is 6.64. The topological polar surface area (TPSA) is 3.24 Å². The first-order chi connectivity index (χ1) is 11.6. The SMILES string of the molecule is CCc1ccc(N(c2ccc(C)cc2)c2ccc(C)c(C)c2)cc1. The maximum absolute atomic E-state index is 2.32. The van der Waals surface area contributed by atoms with E-state index in [-0.39, 0.29) is 0 Å². The Labute approximate surface area is 145 Å². The number of nitrogens with zero attached hydrogens (tertiary/aromatic N) is 1. The van der Waals surface area contributed by atoms with Crippen LogP contribution in [0.1, 0.15) is 29.2 Å². The third kappa shape index (κ3) is 3.35. The third-order valence-electron chi connectivity index (χ3n) is 4.64. The Morgan fingerprint density at radius 2 is 1.17 bits per heavy atom. The number of hydrogen-bond donors (Lipinski definition) is 0. The predicted molar refractivity (Wildman–Crippen MR) is 105 cm³/mol. The molecule has 24 heavy (non-hydrogen) atoms. The van der Waals surface area contributed by atoms with Gasteiger partial charge in [0, 0.05) is 17.1 Å². The van der Waals surface area contributed by atoms with Gasteiger partial charge in [-0.1, -0.05) is 42.8 Å². The second kappa shape index (κ2) is 6.92. The number of aryl methyl sites for hydroxylation is 4. The molecule has 3 aromatic carbocycles. The Balaban J connectivity index is 2.11. The molecule has 0 saturated carbocycles. The molecule has 122 valence electrons. The second-order valence-electron chi connectivity index (χ2n) is 6.46. The Bertz CT molecular complexity index is 814. The van der Waals surface area contributed by atoms with Gasteiger partial charge in [0.05, 0.1) is 0 Å². The largest absolute Gasteiger partial charge is 0.310 e. The average molecular weight is 315 g/mol. The molecule has 0 fully saturated rings. The second-order valence-corrected chi connectivity index (χ2v) is 6.46. The van der Waals surface area contributed by atoms with Crippen LogP contribution in [0, 0.1) is 20.8 Å². The van der Waals surface area contributed by atoms with Crippen LogP contribution in [0.2, 0.25) is 0 Å². The first-order valence-corrected chi connectivity index (χ1v) is 8.61. The molecule has 0 aliphatic carbocycles. The summed E-state index contributed by atoms with van der Waals surface area (Å²) in [6, 6.07) is 24.3. The van der Waals surface area contributed by atoms with Crippen molar-refractivity contribution in [1.29, 1.82) is 0 Å². The lowest BCUT2D eigenvalue weighted by Crippen LogP contribution is -2.10. The highest BCUT2D eigenvalue weighted by molar-refractivity contribution is 5.77. The maximum Gasteiger partial charge on any atom is 0.0464 e. The van der Waals surface area contributed by atoms with Crippen molar-refractivity contribution in [3.05, 3.63) is 89.0 Å². The van der Waals surface area contributed by atoms with Gasteiger partial charge in [-0.3, -0.25) is 0 Å². The van der Waals surface area contributed by atoms with Crippen molar-refractivity contribution in [3.63, 3.8) is 0 Å². The van der Waals surface area contributed by atoms with Crippen molar-refractivity contribution in [2.45, 2.75) is 34.1 Å². The molecule has 0 aliphatic rings. The van der Waals surface area contributed by atoms with E-state index in [1.165, 1.54) is 39.3 Å². The summed E-state index contributed by atoms with van der Waals surface area (Å²) < 4.78 is 0. The molecule has 3 aromatic rings. The number of benzene rings is 3. The van der Waals surface area contributed by atoms with Crippen LogP contribution in [-0.2, 0) is 6.42 Å². The van der Waals surface area contributed by atoms with E-state index >= 15 is 0 Å². The van der Waals surface area contributed by atoms with Gasteiger partial charge in [-0.15, -0.1) is 0 Å². The fraction of sp³-hybridized carbons (Fsp3) is 0.217. The van der Waals surface area contributed by atoms with Crippen LogP contribution in [0.4, 0.5) is 17.1 Å². The minimum atomic E-state index is 1.06. The average Bonchev–Trinajstić information content (AvgIpc) is 2.60. The van der Waals surface area contributed by atoms with Crippen LogP contribution in [0.25, 0.3) is 0 Å².